The molecule has 0 aromatic heterocycles. The molecule has 0 saturated carbocycles. The highest BCUT2D eigenvalue weighted by atomic mass is 15.3. The molecule has 1 aliphatic rings. The lowest BCUT2D eigenvalue weighted by Crippen LogP contribution is -2.54. The van der Waals surface area contributed by atoms with E-state index in [0.29, 0.717) is 12.1 Å². The highest BCUT2D eigenvalue weighted by Crippen LogP contribution is 2.18. The van der Waals surface area contributed by atoms with Gasteiger partial charge in [-0.1, -0.05) is 31.2 Å². The van der Waals surface area contributed by atoms with Crippen LogP contribution in [0.1, 0.15) is 38.3 Å². The number of hydrogen-bond donors (Lipinski definition) is 1. The van der Waals surface area contributed by atoms with Gasteiger partial charge < -0.3 is 5.73 Å². The minimum Gasteiger partial charge on any atom is -0.330 e. The summed E-state index contributed by atoms with van der Waals surface area (Å²) >= 11 is 0. The van der Waals surface area contributed by atoms with Crippen molar-refractivity contribution < 1.29 is 0 Å². The minimum atomic E-state index is 0.657. The summed E-state index contributed by atoms with van der Waals surface area (Å²) < 4.78 is 0. The lowest BCUT2D eigenvalue weighted by atomic mass is 10.0. The molecule has 2 rings (SSSR count). The Labute approximate surface area is 130 Å². The van der Waals surface area contributed by atoms with Crippen LogP contribution in [0.3, 0.4) is 0 Å². The number of nitrogens with zero attached hydrogens (tertiary/aromatic N) is 2. The van der Waals surface area contributed by atoms with Crippen molar-refractivity contribution in [2.24, 2.45) is 5.73 Å². The quantitative estimate of drug-likeness (QED) is 0.873. The Kier molecular flexibility index (Phi) is 6.22. The van der Waals surface area contributed by atoms with E-state index in [9.17, 15) is 0 Å². The Balaban J connectivity index is 1.96. The fraction of sp³-hybridized carbons (Fsp3) is 0.667. The molecule has 0 radical (unpaired) electrons. The molecule has 0 spiro atoms. The topological polar surface area (TPSA) is 32.5 Å². The van der Waals surface area contributed by atoms with E-state index in [1.54, 1.807) is 0 Å². The maximum atomic E-state index is 5.66. The Morgan fingerprint density at radius 3 is 2.67 bits per heavy atom. The summed E-state index contributed by atoms with van der Waals surface area (Å²) in [5.41, 5.74) is 8.45. The van der Waals surface area contributed by atoms with Gasteiger partial charge >= 0.3 is 0 Å². The first-order chi connectivity index (χ1) is 10.1. The maximum Gasteiger partial charge on any atom is 0.0235 e. The largest absolute Gasteiger partial charge is 0.330 e. The predicted molar refractivity (Wildman–Crippen MR) is 90.4 cm³/mol. The van der Waals surface area contributed by atoms with Gasteiger partial charge in [0.25, 0.3) is 0 Å². The first-order valence-corrected chi connectivity index (χ1v) is 8.40. The molecule has 118 valence electrons. The molecule has 1 saturated heterocycles. The lowest BCUT2D eigenvalue weighted by molar-refractivity contribution is 0.0457. The van der Waals surface area contributed by atoms with Crippen molar-refractivity contribution >= 4 is 0 Å². The average molecular weight is 289 g/mol. The van der Waals surface area contributed by atoms with E-state index in [-0.39, 0.29) is 0 Å². The van der Waals surface area contributed by atoms with E-state index in [1.165, 1.54) is 37.2 Å². The standard InChI is InChI=1S/C18H31N3/c1-4-18-14-20(10-11-21(18)15(2)3)13-17-7-5-6-16(12-17)8-9-19/h5-7,12,15,18H,4,8-11,13-14,19H2,1-3H3. The van der Waals surface area contributed by atoms with Gasteiger partial charge in [-0.15, -0.1) is 0 Å². The molecule has 2 N–H and O–H groups in total. The molecule has 0 aliphatic carbocycles. The molecule has 1 fully saturated rings. The molecule has 0 bridgehead atoms. The third kappa shape index (κ3) is 4.53. The number of nitrogens with two attached hydrogens (primary N) is 1. The number of rotatable bonds is 6. The van der Waals surface area contributed by atoms with E-state index < -0.39 is 0 Å². The summed E-state index contributed by atoms with van der Waals surface area (Å²) in [5.74, 6) is 0. The van der Waals surface area contributed by atoms with Crippen molar-refractivity contribution in [1.29, 1.82) is 0 Å². The Morgan fingerprint density at radius 1 is 1.24 bits per heavy atom. The smallest absolute Gasteiger partial charge is 0.0235 e. The van der Waals surface area contributed by atoms with Crippen LogP contribution in [0, 0.1) is 0 Å². The first kappa shape index (κ1) is 16.5. The third-order valence-electron chi connectivity index (χ3n) is 4.58. The van der Waals surface area contributed by atoms with E-state index in [1.807, 2.05) is 0 Å². The van der Waals surface area contributed by atoms with Gasteiger partial charge in [-0.25, -0.2) is 0 Å². The molecule has 21 heavy (non-hydrogen) atoms. The van der Waals surface area contributed by atoms with Crippen molar-refractivity contribution in [1.82, 2.24) is 9.80 Å². The van der Waals surface area contributed by atoms with E-state index >= 15 is 0 Å². The van der Waals surface area contributed by atoms with Gasteiger partial charge in [0.15, 0.2) is 0 Å². The average Bonchev–Trinajstić information content (AvgIpc) is 2.47. The number of hydrogen-bond acceptors (Lipinski definition) is 3. The lowest BCUT2D eigenvalue weighted by Gasteiger charge is -2.43. The van der Waals surface area contributed by atoms with Crippen LogP contribution in [-0.2, 0) is 13.0 Å². The number of benzene rings is 1. The van der Waals surface area contributed by atoms with Gasteiger partial charge in [-0.05, 0) is 44.4 Å². The van der Waals surface area contributed by atoms with Crippen LogP contribution >= 0.6 is 0 Å². The van der Waals surface area contributed by atoms with Gasteiger partial charge in [0.1, 0.15) is 0 Å². The van der Waals surface area contributed by atoms with Crippen molar-refractivity contribution in [3.05, 3.63) is 35.4 Å². The summed E-state index contributed by atoms with van der Waals surface area (Å²) in [5, 5.41) is 0. The summed E-state index contributed by atoms with van der Waals surface area (Å²) in [7, 11) is 0. The zero-order chi connectivity index (χ0) is 15.2. The summed E-state index contributed by atoms with van der Waals surface area (Å²) in [6, 6.07) is 10.3. The normalized spacial score (nSPS) is 21.1. The molecule has 0 amide bonds. The molecule has 1 aromatic carbocycles. The Bertz CT molecular complexity index is 430. The van der Waals surface area contributed by atoms with E-state index in [2.05, 4.69) is 54.8 Å². The fourth-order valence-electron chi connectivity index (χ4n) is 3.43. The SMILES string of the molecule is CCC1CN(Cc2cccc(CCN)c2)CCN1C(C)C. The third-order valence-corrected chi connectivity index (χ3v) is 4.58. The maximum absolute atomic E-state index is 5.66. The van der Waals surface area contributed by atoms with Crippen LogP contribution in [-0.4, -0.2) is 48.1 Å². The second kappa shape index (κ2) is 7.92. The second-order valence-electron chi connectivity index (χ2n) is 6.49. The van der Waals surface area contributed by atoms with Gasteiger partial charge in [0.2, 0.25) is 0 Å². The van der Waals surface area contributed by atoms with Crippen LogP contribution in [0.2, 0.25) is 0 Å². The fourth-order valence-corrected chi connectivity index (χ4v) is 3.43. The van der Waals surface area contributed by atoms with Gasteiger partial charge in [-0.3, -0.25) is 9.80 Å². The van der Waals surface area contributed by atoms with E-state index in [0.717, 1.165) is 19.5 Å². The molecule has 3 heteroatoms. The highest BCUT2D eigenvalue weighted by Gasteiger charge is 2.27. The van der Waals surface area contributed by atoms with Crippen molar-refractivity contribution in [3.63, 3.8) is 0 Å². The van der Waals surface area contributed by atoms with Crippen LogP contribution in [0.15, 0.2) is 24.3 Å². The summed E-state index contributed by atoms with van der Waals surface area (Å²) in [6.45, 7) is 12.3. The number of piperazine rings is 1. The predicted octanol–water partition coefficient (Wildman–Crippen LogP) is 2.49. The Hall–Kier alpha value is -0.900. The molecule has 1 heterocycles. The van der Waals surface area contributed by atoms with Crippen LogP contribution in [0.4, 0.5) is 0 Å². The van der Waals surface area contributed by atoms with Crippen LogP contribution in [0.5, 0.6) is 0 Å². The zero-order valence-corrected chi connectivity index (χ0v) is 13.9. The van der Waals surface area contributed by atoms with Crippen LogP contribution < -0.4 is 5.73 Å². The molecule has 3 nitrogen and oxygen atoms in total. The van der Waals surface area contributed by atoms with Gasteiger partial charge in [0.05, 0.1) is 0 Å². The van der Waals surface area contributed by atoms with Crippen molar-refractivity contribution in [2.75, 3.05) is 26.2 Å². The monoisotopic (exact) mass is 289 g/mol. The molecular weight excluding hydrogens is 258 g/mol. The molecule has 1 atom stereocenters. The van der Waals surface area contributed by atoms with Crippen molar-refractivity contribution in [3.8, 4) is 0 Å². The second-order valence-corrected chi connectivity index (χ2v) is 6.49. The van der Waals surface area contributed by atoms with Crippen molar-refractivity contribution in [2.45, 2.75) is 52.2 Å². The van der Waals surface area contributed by atoms with Crippen LogP contribution in [0.25, 0.3) is 0 Å². The van der Waals surface area contributed by atoms with Gasteiger partial charge in [-0.2, -0.15) is 0 Å². The minimum absolute atomic E-state index is 0.657. The van der Waals surface area contributed by atoms with Gasteiger partial charge in [0, 0.05) is 38.3 Å². The molecule has 1 aliphatic heterocycles. The Morgan fingerprint density at radius 2 is 2.00 bits per heavy atom. The zero-order valence-electron chi connectivity index (χ0n) is 13.9. The van der Waals surface area contributed by atoms with E-state index in [4.69, 9.17) is 5.73 Å². The molecule has 1 unspecified atom stereocenters. The molecular formula is C18H31N3. The first-order valence-electron chi connectivity index (χ1n) is 8.40. The highest BCUT2D eigenvalue weighted by molar-refractivity contribution is 5.23. The summed E-state index contributed by atoms with van der Waals surface area (Å²) in [4.78, 5) is 5.26. The summed E-state index contributed by atoms with van der Waals surface area (Å²) in [6.07, 6.45) is 2.22. The molecule has 1 aromatic rings.